The maximum atomic E-state index is 13.3. The number of halogens is 1. The molecule has 0 saturated heterocycles. The predicted molar refractivity (Wildman–Crippen MR) is 79.3 cm³/mol. The molecule has 0 fully saturated rings. The summed E-state index contributed by atoms with van der Waals surface area (Å²) in [5.41, 5.74) is 0.248. The number of hydrogen-bond acceptors (Lipinski definition) is 3. The SMILES string of the molecule is COC(C)(C)CC(=O)Nc1ccc(F)cc1C#CCCO. The van der Waals surface area contributed by atoms with Gasteiger partial charge in [0.2, 0.25) is 5.91 Å². The molecule has 0 saturated carbocycles. The molecule has 0 aliphatic rings. The van der Waals surface area contributed by atoms with Gasteiger partial charge in [-0.2, -0.15) is 0 Å². The van der Waals surface area contributed by atoms with E-state index in [4.69, 9.17) is 9.84 Å². The number of ether oxygens (including phenoxy) is 1. The molecule has 0 bridgehead atoms. The van der Waals surface area contributed by atoms with E-state index in [1.54, 1.807) is 13.8 Å². The first-order valence-corrected chi connectivity index (χ1v) is 6.62. The zero-order valence-corrected chi connectivity index (χ0v) is 12.5. The van der Waals surface area contributed by atoms with Gasteiger partial charge in [-0.3, -0.25) is 4.79 Å². The summed E-state index contributed by atoms with van der Waals surface area (Å²) in [5.74, 6) is 4.78. The molecule has 1 aromatic carbocycles. The first-order chi connectivity index (χ1) is 9.88. The monoisotopic (exact) mass is 293 g/mol. The van der Waals surface area contributed by atoms with Crippen LogP contribution in [0.25, 0.3) is 0 Å². The van der Waals surface area contributed by atoms with E-state index in [-0.39, 0.29) is 18.9 Å². The van der Waals surface area contributed by atoms with E-state index in [2.05, 4.69) is 17.2 Å². The summed E-state index contributed by atoms with van der Waals surface area (Å²) in [4.78, 5) is 12.0. The highest BCUT2D eigenvalue weighted by molar-refractivity contribution is 5.92. The van der Waals surface area contributed by atoms with Gasteiger partial charge in [0.15, 0.2) is 0 Å². The van der Waals surface area contributed by atoms with Crippen LogP contribution in [0.5, 0.6) is 0 Å². The van der Waals surface area contributed by atoms with Crippen molar-refractivity contribution in [1.82, 2.24) is 0 Å². The average Bonchev–Trinajstić information content (AvgIpc) is 2.41. The third-order valence-corrected chi connectivity index (χ3v) is 2.85. The molecule has 0 aromatic heterocycles. The third kappa shape index (κ3) is 5.94. The van der Waals surface area contributed by atoms with E-state index in [0.29, 0.717) is 17.7 Å². The Morgan fingerprint density at radius 1 is 1.48 bits per heavy atom. The van der Waals surface area contributed by atoms with Gasteiger partial charge < -0.3 is 15.2 Å². The second-order valence-electron chi connectivity index (χ2n) is 5.15. The zero-order chi connectivity index (χ0) is 15.9. The Balaban J connectivity index is 2.88. The second kappa shape index (κ2) is 7.77. The molecule has 2 N–H and O–H groups in total. The second-order valence-corrected chi connectivity index (χ2v) is 5.15. The van der Waals surface area contributed by atoms with Crippen LogP contribution in [0, 0.1) is 17.7 Å². The molecular formula is C16H20FNO3. The van der Waals surface area contributed by atoms with Gasteiger partial charge in [-0.25, -0.2) is 4.39 Å². The van der Waals surface area contributed by atoms with Crippen LogP contribution in [-0.2, 0) is 9.53 Å². The van der Waals surface area contributed by atoms with Gasteiger partial charge in [-0.15, -0.1) is 0 Å². The maximum Gasteiger partial charge on any atom is 0.227 e. The number of hydrogen-bond donors (Lipinski definition) is 2. The van der Waals surface area contributed by atoms with E-state index in [1.807, 2.05) is 0 Å². The molecule has 4 nitrogen and oxygen atoms in total. The minimum Gasteiger partial charge on any atom is -0.395 e. The van der Waals surface area contributed by atoms with Gasteiger partial charge in [0, 0.05) is 13.5 Å². The van der Waals surface area contributed by atoms with Crippen molar-refractivity contribution in [3.8, 4) is 11.8 Å². The Labute approximate surface area is 124 Å². The lowest BCUT2D eigenvalue weighted by atomic mass is 10.0. The van der Waals surface area contributed by atoms with Crippen molar-refractivity contribution in [3.05, 3.63) is 29.6 Å². The lowest BCUT2D eigenvalue weighted by Gasteiger charge is -2.22. The van der Waals surface area contributed by atoms with Crippen molar-refractivity contribution in [1.29, 1.82) is 0 Å². The third-order valence-electron chi connectivity index (χ3n) is 2.85. The van der Waals surface area contributed by atoms with Crippen molar-refractivity contribution < 1.29 is 19.0 Å². The molecule has 0 aliphatic carbocycles. The highest BCUT2D eigenvalue weighted by Crippen LogP contribution is 2.19. The Bertz CT molecular complexity index is 558. The summed E-state index contributed by atoms with van der Waals surface area (Å²) in [6, 6.07) is 3.98. The first-order valence-electron chi connectivity index (χ1n) is 6.62. The summed E-state index contributed by atoms with van der Waals surface area (Å²) < 4.78 is 18.5. The number of carbonyl (C=O) groups excluding carboxylic acids is 1. The fraction of sp³-hybridized carbons (Fsp3) is 0.438. The quantitative estimate of drug-likeness (QED) is 0.819. The molecule has 5 heteroatoms. The van der Waals surface area contributed by atoms with Gasteiger partial charge in [-0.1, -0.05) is 11.8 Å². The maximum absolute atomic E-state index is 13.3. The van der Waals surface area contributed by atoms with Gasteiger partial charge in [0.25, 0.3) is 0 Å². The minimum absolute atomic E-state index is 0.0635. The summed E-state index contributed by atoms with van der Waals surface area (Å²) in [6.45, 7) is 3.55. The van der Waals surface area contributed by atoms with Crippen LogP contribution in [0.3, 0.4) is 0 Å². The summed E-state index contributed by atoms with van der Waals surface area (Å²) >= 11 is 0. The summed E-state index contributed by atoms with van der Waals surface area (Å²) in [6.07, 6.45) is 0.463. The number of amides is 1. The number of carbonyl (C=O) groups is 1. The first kappa shape index (κ1) is 17.2. The molecule has 1 amide bonds. The van der Waals surface area contributed by atoms with Crippen molar-refractivity contribution in [2.75, 3.05) is 19.0 Å². The highest BCUT2D eigenvalue weighted by atomic mass is 19.1. The van der Waals surface area contributed by atoms with Crippen LogP contribution < -0.4 is 5.32 Å². The molecule has 1 aromatic rings. The topological polar surface area (TPSA) is 58.6 Å². The largest absolute Gasteiger partial charge is 0.395 e. The van der Waals surface area contributed by atoms with E-state index in [9.17, 15) is 9.18 Å². The Morgan fingerprint density at radius 2 is 2.19 bits per heavy atom. The number of nitrogens with one attached hydrogen (secondary N) is 1. The minimum atomic E-state index is -0.577. The zero-order valence-electron chi connectivity index (χ0n) is 12.5. The Morgan fingerprint density at radius 3 is 2.81 bits per heavy atom. The van der Waals surface area contributed by atoms with Crippen molar-refractivity contribution in [3.63, 3.8) is 0 Å². The van der Waals surface area contributed by atoms with Gasteiger partial charge in [0.1, 0.15) is 5.82 Å². The Hall–Kier alpha value is -1.90. The number of rotatable bonds is 5. The molecule has 0 spiro atoms. The average molecular weight is 293 g/mol. The molecule has 0 atom stereocenters. The Kier molecular flexibility index (Phi) is 6.35. The number of anilines is 1. The van der Waals surface area contributed by atoms with E-state index in [0.717, 1.165) is 0 Å². The van der Waals surface area contributed by atoms with Crippen LogP contribution >= 0.6 is 0 Å². The lowest BCUT2D eigenvalue weighted by Crippen LogP contribution is -2.29. The number of methoxy groups -OCH3 is 1. The van der Waals surface area contributed by atoms with Crippen LogP contribution in [-0.4, -0.2) is 30.3 Å². The number of aliphatic hydroxyl groups excluding tert-OH is 1. The van der Waals surface area contributed by atoms with Crippen LogP contribution in [0.1, 0.15) is 32.3 Å². The predicted octanol–water partition coefficient (Wildman–Crippen LogP) is 2.31. The van der Waals surface area contributed by atoms with Crippen molar-refractivity contribution >= 4 is 11.6 Å². The van der Waals surface area contributed by atoms with Crippen LogP contribution in [0.2, 0.25) is 0 Å². The van der Waals surface area contributed by atoms with Crippen LogP contribution in [0.15, 0.2) is 18.2 Å². The van der Waals surface area contributed by atoms with Gasteiger partial charge >= 0.3 is 0 Å². The molecular weight excluding hydrogens is 273 g/mol. The normalized spacial score (nSPS) is 10.7. The highest BCUT2D eigenvalue weighted by Gasteiger charge is 2.21. The van der Waals surface area contributed by atoms with Crippen molar-refractivity contribution in [2.45, 2.75) is 32.3 Å². The fourth-order valence-electron chi connectivity index (χ4n) is 1.60. The molecule has 0 radical (unpaired) electrons. The van der Waals surface area contributed by atoms with Crippen molar-refractivity contribution in [2.24, 2.45) is 0 Å². The standard InChI is InChI=1S/C16H20FNO3/c1-16(2,21-3)11-15(20)18-14-8-7-13(17)10-12(14)6-4-5-9-19/h7-8,10,19H,5,9,11H2,1-3H3,(H,18,20). The number of aliphatic hydroxyl groups is 1. The van der Waals surface area contributed by atoms with Crippen LogP contribution in [0.4, 0.5) is 10.1 Å². The van der Waals surface area contributed by atoms with E-state index in [1.165, 1.54) is 25.3 Å². The lowest BCUT2D eigenvalue weighted by molar-refractivity contribution is -0.121. The molecule has 1 rings (SSSR count). The fourth-order valence-corrected chi connectivity index (χ4v) is 1.60. The molecule has 0 unspecified atom stereocenters. The molecule has 21 heavy (non-hydrogen) atoms. The number of benzene rings is 1. The summed E-state index contributed by atoms with van der Waals surface area (Å²) in [7, 11) is 1.54. The van der Waals surface area contributed by atoms with E-state index >= 15 is 0 Å². The van der Waals surface area contributed by atoms with Gasteiger partial charge in [0.05, 0.1) is 29.9 Å². The molecule has 114 valence electrons. The van der Waals surface area contributed by atoms with Gasteiger partial charge in [-0.05, 0) is 32.0 Å². The molecule has 0 aliphatic heterocycles. The summed E-state index contributed by atoms with van der Waals surface area (Å²) in [5, 5.41) is 11.4. The van der Waals surface area contributed by atoms with E-state index < -0.39 is 11.4 Å². The molecule has 0 heterocycles. The smallest absolute Gasteiger partial charge is 0.227 e.